The highest BCUT2D eigenvalue weighted by molar-refractivity contribution is 5.92. The molecule has 2 rings (SSSR count). The van der Waals surface area contributed by atoms with Gasteiger partial charge < -0.3 is 15.8 Å². The van der Waals surface area contributed by atoms with Gasteiger partial charge in [0, 0.05) is 6.04 Å². The van der Waals surface area contributed by atoms with Gasteiger partial charge in [-0.3, -0.25) is 0 Å². The monoisotopic (exact) mass is 290 g/mol. The lowest BCUT2D eigenvalue weighted by Crippen LogP contribution is -2.32. The number of nitrogens with two attached hydrogens (primary N) is 1. The molecular weight excluding hydrogens is 264 g/mol. The summed E-state index contributed by atoms with van der Waals surface area (Å²) in [6.07, 6.45) is 4.76. The van der Waals surface area contributed by atoms with Gasteiger partial charge in [-0.1, -0.05) is 20.3 Å². The van der Waals surface area contributed by atoms with Crippen molar-refractivity contribution < 1.29 is 9.53 Å². The minimum atomic E-state index is -0.301. The zero-order valence-corrected chi connectivity index (χ0v) is 13.2. The maximum atomic E-state index is 11.8. The van der Waals surface area contributed by atoms with Gasteiger partial charge in [0.2, 0.25) is 0 Å². The van der Waals surface area contributed by atoms with E-state index in [0.29, 0.717) is 29.3 Å². The molecule has 1 aromatic rings. The molecule has 1 aromatic carbocycles. The second-order valence-electron chi connectivity index (χ2n) is 6.62. The molecule has 21 heavy (non-hydrogen) atoms. The van der Waals surface area contributed by atoms with E-state index >= 15 is 0 Å². The van der Waals surface area contributed by atoms with Crippen LogP contribution in [0.2, 0.25) is 0 Å². The molecule has 1 unspecified atom stereocenters. The van der Waals surface area contributed by atoms with Gasteiger partial charge in [-0.25, -0.2) is 4.79 Å². The van der Waals surface area contributed by atoms with Gasteiger partial charge in [0.25, 0.3) is 0 Å². The quantitative estimate of drug-likeness (QED) is 0.653. The number of carbonyl (C=O) groups is 1. The summed E-state index contributed by atoms with van der Waals surface area (Å²) < 4.78 is 5.04. The van der Waals surface area contributed by atoms with Crippen LogP contribution in [0.15, 0.2) is 18.2 Å². The summed E-state index contributed by atoms with van der Waals surface area (Å²) in [6.45, 7) is 6.79. The largest absolute Gasteiger partial charge is 0.462 e. The summed E-state index contributed by atoms with van der Waals surface area (Å²) in [5.41, 5.74) is 8.45. The number of hydrogen-bond acceptors (Lipinski definition) is 4. The number of hydrogen-bond donors (Lipinski definition) is 2. The van der Waals surface area contributed by atoms with Crippen LogP contribution in [-0.4, -0.2) is 18.6 Å². The van der Waals surface area contributed by atoms with Crippen LogP contribution in [0.25, 0.3) is 0 Å². The molecule has 0 saturated heterocycles. The molecule has 0 heterocycles. The summed E-state index contributed by atoms with van der Waals surface area (Å²) in [6, 6.07) is 5.69. The molecular formula is C17H26N2O2. The van der Waals surface area contributed by atoms with Crippen molar-refractivity contribution in [3.8, 4) is 0 Å². The standard InChI is InChI=1S/C17H26N2O2/c1-4-21-16(20)12-7-8-14(18)15(10-12)19-13-6-5-9-17(2,3)11-13/h7-8,10,13,19H,4-6,9,11,18H2,1-3H3. The van der Waals surface area contributed by atoms with E-state index < -0.39 is 0 Å². The highest BCUT2D eigenvalue weighted by Gasteiger charge is 2.28. The van der Waals surface area contributed by atoms with Gasteiger partial charge in [-0.05, 0) is 49.8 Å². The smallest absolute Gasteiger partial charge is 0.338 e. The Morgan fingerprint density at radius 2 is 2.24 bits per heavy atom. The molecule has 1 saturated carbocycles. The molecule has 0 radical (unpaired) electrons. The predicted octanol–water partition coefficient (Wildman–Crippen LogP) is 3.83. The predicted molar refractivity (Wildman–Crippen MR) is 86.5 cm³/mol. The number of ether oxygens (including phenoxy) is 1. The lowest BCUT2D eigenvalue weighted by atomic mass is 9.75. The third-order valence-electron chi connectivity index (χ3n) is 4.13. The Morgan fingerprint density at radius 3 is 2.90 bits per heavy atom. The summed E-state index contributed by atoms with van der Waals surface area (Å²) in [4.78, 5) is 11.8. The van der Waals surface area contributed by atoms with Crippen LogP contribution in [0, 0.1) is 5.41 Å². The lowest BCUT2D eigenvalue weighted by Gasteiger charge is -2.36. The van der Waals surface area contributed by atoms with Crippen LogP contribution < -0.4 is 11.1 Å². The summed E-state index contributed by atoms with van der Waals surface area (Å²) in [7, 11) is 0. The molecule has 116 valence electrons. The van der Waals surface area contributed by atoms with E-state index in [1.165, 1.54) is 12.8 Å². The molecule has 0 aromatic heterocycles. The fraction of sp³-hybridized carbons (Fsp3) is 0.588. The van der Waals surface area contributed by atoms with Crippen LogP contribution in [0.5, 0.6) is 0 Å². The number of carbonyl (C=O) groups excluding carboxylic acids is 1. The van der Waals surface area contributed by atoms with E-state index in [2.05, 4.69) is 19.2 Å². The minimum absolute atomic E-state index is 0.301. The first-order chi connectivity index (χ1) is 9.91. The van der Waals surface area contributed by atoms with Crippen LogP contribution >= 0.6 is 0 Å². The number of nitrogens with one attached hydrogen (secondary N) is 1. The molecule has 1 fully saturated rings. The molecule has 1 atom stereocenters. The van der Waals surface area contributed by atoms with Crippen molar-refractivity contribution in [3.63, 3.8) is 0 Å². The van der Waals surface area contributed by atoms with Crippen LogP contribution in [-0.2, 0) is 4.74 Å². The number of esters is 1. The van der Waals surface area contributed by atoms with Crippen LogP contribution in [0.1, 0.15) is 56.8 Å². The van der Waals surface area contributed by atoms with Gasteiger partial charge in [0.05, 0.1) is 23.5 Å². The van der Waals surface area contributed by atoms with Crippen molar-refractivity contribution in [3.05, 3.63) is 23.8 Å². The van der Waals surface area contributed by atoms with Crippen molar-refractivity contribution in [2.45, 2.75) is 52.5 Å². The molecule has 1 aliphatic carbocycles. The normalized spacial score (nSPS) is 20.8. The average Bonchev–Trinajstić information content (AvgIpc) is 2.40. The van der Waals surface area contributed by atoms with E-state index in [0.717, 1.165) is 18.5 Å². The lowest BCUT2D eigenvalue weighted by molar-refractivity contribution is 0.0526. The Kier molecular flexibility index (Phi) is 4.76. The molecule has 3 N–H and O–H groups in total. The highest BCUT2D eigenvalue weighted by atomic mass is 16.5. The summed E-state index contributed by atoms with van der Waals surface area (Å²) in [5.74, 6) is -0.301. The highest BCUT2D eigenvalue weighted by Crippen LogP contribution is 2.37. The second-order valence-corrected chi connectivity index (χ2v) is 6.62. The molecule has 0 amide bonds. The fourth-order valence-electron chi connectivity index (χ4n) is 3.06. The molecule has 1 aliphatic rings. The van der Waals surface area contributed by atoms with Crippen molar-refractivity contribution in [1.82, 2.24) is 0 Å². The van der Waals surface area contributed by atoms with Gasteiger partial charge in [-0.15, -0.1) is 0 Å². The van der Waals surface area contributed by atoms with E-state index in [4.69, 9.17) is 10.5 Å². The SMILES string of the molecule is CCOC(=O)c1ccc(N)c(NC2CCCC(C)(C)C2)c1. The van der Waals surface area contributed by atoms with Crippen molar-refractivity contribution in [2.24, 2.45) is 5.41 Å². The molecule has 4 heteroatoms. The van der Waals surface area contributed by atoms with E-state index in [1.807, 2.05) is 0 Å². The van der Waals surface area contributed by atoms with E-state index in [9.17, 15) is 4.79 Å². The molecule has 0 aliphatic heterocycles. The first-order valence-corrected chi connectivity index (χ1v) is 7.74. The Morgan fingerprint density at radius 1 is 1.48 bits per heavy atom. The van der Waals surface area contributed by atoms with Crippen molar-refractivity contribution >= 4 is 17.3 Å². The van der Waals surface area contributed by atoms with Gasteiger partial charge in [-0.2, -0.15) is 0 Å². The Balaban J connectivity index is 2.12. The third kappa shape index (κ3) is 4.13. The zero-order valence-electron chi connectivity index (χ0n) is 13.2. The number of anilines is 2. The fourth-order valence-corrected chi connectivity index (χ4v) is 3.06. The van der Waals surface area contributed by atoms with E-state index in [1.54, 1.807) is 25.1 Å². The Labute approximate surface area is 127 Å². The Hall–Kier alpha value is -1.71. The van der Waals surface area contributed by atoms with E-state index in [-0.39, 0.29) is 5.97 Å². The summed E-state index contributed by atoms with van der Waals surface area (Å²) >= 11 is 0. The molecule has 0 spiro atoms. The Bertz CT molecular complexity index is 512. The maximum Gasteiger partial charge on any atom is 0.338 e. The van der Waals surface area contributed by atoms with Crippen molar-refractivity contribution in [2.75, 3.05) is 17.7 Å². The molecule has 0 bridgehead atoms. The van der Waals surface area contributed by atoms with Crippen LogP contribution in [0.4, 0.5) is 11.4 Å². The third-order valence-corrected chi connectivity index (χ3v) is 4.13. The average molecular weight is 290 g/mol. The molecule has 4 nitrogen and oxygen atoms in total. The second kappa shape index (κ2) is 6.37. The topological polar surface area (TPSA) is 64.3 Å². The zero-order chi connectivity index (χ0) is 15.5. The minimum Gasteiger partial charge on any atom is -0.462 e. The van der Waals surface area contributed by atoms with Crippen LogP contribution in [0.3, 0.4) is 0 Å². The van der Waals surface area contributed by atoms with Gasteiger partial charge in [0.1, 0.15) is 0 Å². The van der Waals surface area contributed by atoms with Gasteiger partial charge in [0.15, 0.2) is 0 Å². The maximum absolute atomic E-state index is 11.8. The first kappa shape index (κ1) is 15.7. The van der Waals surface area contributed by atoms with Crippen molar-refractivity contribution in [1.29, 1.82) is 0 Å². The number of rotatable bonds is 4. The summed E-state index contributed by atoms with van der Waals surface area (Å²) in [5, 5.41) is 3.51. The number of nitrogen functional groups attached to an aromatic ring is 1. The van der Waals surface area contributed by atoms with Gasteiger partial charge >= 0.3 is 5.97 Å². The number of benzene rings is 1. The first-order valence-electron chi connectivity index (χ1n) is 7.74.